The molecule has 3 aromatic rings. The lowest BCUT2D eigenvalue weighted by Crippen LogP contribution is -2.01. The zero-order valence-corrected chi connectivity index (χ0v) is 13.1. The lowest BCUT2D eigenvalue weighted by Gasteiger charge is -2.13. The molecule has 1 aromatic heterocycles. The molecule has 0 atom stereocenters. The van der Waals surface area contributed by atoms with Crippen molar-refractivity contribution >= 4 is 11.5 Å². The molecule has 3 rings (SSSR count). The molecule has 0 aliphatic carbocycles. The quantitative estimate of drug-likeness (QED) is 0.437. The zero-order valence-electron chi connectivity index (χ0n) is 13.1. The minimum atomic E-state index is 0.0187. The Morgan fingerprint density at radius 2 is 1.78 bits per heavy atom. The Hall–Kier alpha value is -3.01. The number of Topliss-reactive ketones (excluding diaryl/α,β-unsaturated/α-hetero) is 1. The minimum absolute atomic E-state index is 0.0187. The van der Waals surface area contributed by atoms with Crippen LogP contribution in [-0.4, -0.2) is 15.5 Å². The number of anilines is 1. The van der Waals surface area contributed by atoms with E-state index in [9.17, 15) is 9.90 Å². The number of rotatable bonds is 3. The summed E-state index contributed by atoms with van der Waals surface area (Å²) in [6.07, 6.45) is 0. The Morgan fingerprint density at radius 3 is 2.39 bits per heavy atom. The van der Waals surface area contributed by atoms with Crippen molar-refractivity contribution in [3.63, 3.8) is 0 Å². The Balaban J connectivity index is 2.29. The van der Waals surface area contributed by atoms with Crippen molar-refractivity contribution in [1.29, 1.82) is 0 Å². The highest BCUT2D eigenvalue weighted by molar-refractivity contribution is 5.97. The van der Waals surface area contributed by atoms with Gasteiger partial charge in [-0.1, -0.05) is 18.2 Å². The van der Waals surface area contributed by atoms with Crippen LogP contribution in [-0.2, 0) is 0 Å². The number of para-hydroxylation sites is 1. The van der Waals surface area contributed by atoms with Crippen LogP contribution in [0.2, 0.25) is 0 Å². The van der Waals surface area contributed by atoms with E-state index in [1.54, 1.807) is 25.1 Å². The molecule has 0 fully saturated rings. The van der Waals surface area contributed by atoms with Gasteiger partial charge in [0.2, 0.25) is 0 Å². The van der Waals surface area contributed by atoms with E-state index in [4.69, 9.17) is 5.73 Å². The zero-order chi connectivity index (χ0) is 16.6. The Kier molecular flexibility index (Phi) is 3.66. The van der Waals surface area contributed by atoms with E-state index in [0.717, 1.165) is 22.6 Å². The summed E-state index contributed by atoms with van der Waals surface area (Å²) < 4.78 is 2.03. The van der Waals surface area contributed by atoms with Crippen LogP contribution in [0.3, 0.4) is 0 Å². The predicted octanol–water partition coefficient (Wildman–Crippen LogP) is 3.94. The van der Waals surface area contributed by atoms with E-state index in [0.29, 0.717) is 11.3 Å². The van der Waals surface area contributed by atoms with E-state index in [-0.39, 0.29) is 11.5 Å². The molecule has 0 aliphatic rings. The highest BCUT2D eigenvalue weighted by atomic mass is 16.3. The highest BCUT2D eigenvalue weighted by Crippen LogP contribution is 2.33. The summed E-state index contributed by atoms with van der Waals surface area (Å²) in [6, 6.07) is 16.8. The fourth-order valence-electron chi connectivity index (χ4n) is 2.80. The number of hydrogen-bond acceptors (Lipinski definition) is 3. The molecule has 0 saturated heterocycles. The Morgan fingerprint density at radius 1 is 1.09 bits per heavy atom. The first-order valence-corrected chi connectivity index (χ1v) is 7.36. The first-order valence-electron chi connectivity index (χ1n) is 7.36. The number of phenols is 1. The normalized spacial score (nSPS) is 10.7. The number of benzene rings is 2. The first kappa shape index (κ1) is 14.9. The lowest BCUT2D eigenvalue weighted by molar-refractivity contribution is 0.101. The van der Waals surface area contributed by atoms with Crippen LogP contribution in [0.15, 0.2) is 54.6 Å². The number of hydrogen-bond donors (Lipinski definition) is 2. The molecule has 1 heterocycles. The van der Waals surface area contributed by atoms with Crippen LogP contribution in [0.4, 0.5) is 5.69 Å². The first-order chi connectivity index (χ1) is 11.0. The smallest absolute Gasteiger partial charge is 0.161 e. The molecule has 4 nitrogen and oxygen atoms in total. The van der Waals surface area contributed by atoms with E-state index in [2.05, 4.69) is 0 Å². The second-order valence-corrected chi connectivity index (χ2v) is 5.53. The molecule has 0 aliphatic heterocycles. The summed E-state index contributed by atoms with van der Waals surface area (Å²) in [5, 5.41) is 9.64. The SMILES string of the molecule is CC(=O)c1cc(-c2ccc(O)c(N)c2)n(-c2ccccc2)c1C. The van der Waals surface area contributed by atoms with Crippen molar-refractivity contribution in [2.75, 3.05) is 5.73 Å². The summed E-state index contributed by atoms with van der Waals surface area (Å²) >= 11 is 0. The van der Waals surface area contributed by atoms with Crippen LogP contribution in [0.5, 0.6) is 5.75 Å². The van der Waals surface area contributed by atoms with E-state index in [1.165, 1.54) is 0 Å². The highest BCUT2D eigenvalue weighted by Gasteiger charge is 2.17. The molecule has 0 amide bonds. The van der Waals surface area contributed by atoms with Crippen molar-refractivity contribution in [2.24, 2.45) is 0 Å². The van der Waals surface area contributed by atoms with Crippen LogP contribution < -0.4 is 5.73 Å². The number of carbonyl (C=O) groups is 1. The van der Waals surface area contributed by atoms with Gasteiger partial charge in [-0.15, -0.1) is 0 Å². The van der Waals surface area contributed by atoms with Gasteiger partial charge in [0.1, 0.15) is 5.75 Å². The number of carbonyl (C=O) groups excluding carboxylic acids is 1. The van der Waals surface area contributed by atoms with Gasteiger partial charge in [0.15, 0.2) is 5.78 Å². The number of phenolic OH excluding ortho intramolecular Hbond substituents is 1. The molecule has 116 valence electrons. The topological polar surface area (TPSA) is 68.2 Å². The summed E-state index contributed by atoms with van der Waals surface area (Å²) in [7, 11) is 0. The van der Waals surface area contributed by atoms with Crippen LogP contribution in [0, 0.1) is 6.92 Å². The molecule has 2 aromatic carbocycles. The fourth-order valence-corrected chi connectivity index (χ4v) is 2.80. The maximum absolute atomic E-state index is 11.9. The monoisotopic (exact) mass is 306 g/mol. The molecular weight excluding hydrogens is 288 g/mol. The van der Waals surface area contributed by atoms with Crippen molar-refractivity contribution in [1.82, 2.24) is 4.57 Å². The van der Waals surface area contributed by atoms with Gasteiger partial charge in [-0.3, -0.25) is 4.79 Å². The second kappa shape index (κ2) is 5.65. The van der Waals surface area contributed by atoms with Crippen molar-refractivity contribution in [2.45, 2.75) is 13.8 Å². The molecule has 4 heteroatoms. The van der Waals surface area contributed by atoms with E-state index in [1.807, 2.05) is 47.9 Å². The van der Waals surface area contributed by atoms with Crippen molar-refractivity contribution < 1.29 is 9.90 Å². The molecule has 0 spiro atoms. The van der Waals surface area contributed by atoms with Crippen LogP contribution in [0.25, 0.3) is 16.9 Å². The third-order valence-corrected chi connectivity index (χ3v) is 3.96. The third kappa shape index (κ3) is 2.59. The van der Waals surface area contributed by atoms with Gasteiger partial charge in [0.05, 0.1) is 11.4 Å². The molecule has 0 unspecified atom stereocenters. The fraction of sp³-hybridized carbons (Fsp3) is 0.105. The van der Waals surface area contributed by atoms with Gasteiger partial charge in [-0.25, -0.2) is 0 Å². The Labute approximate surface area is 134 Å². The average Bonchev–Trinajstić information content (AvgIpc) is 2.88. The number of nitrogens with two attached hydrogens (primary N) is 1. The number of aromatic hydroxyl groups is 1. The molecule has 0 radical (unpaired) electrons. The van der Waals surface area contributed by atoms with Gasteiger partial charge in [0, 0.05) is 22.5 Å². The maximum Gasteiger partial charge on any atom is 0.161 e. The molecular formula is C19H18N2O2. The van der Waals surface area contributed by atoms with Crippen molar-refractivity contribution in [3.8, 4) is 22.7 Å². The van der Waals surface area contributed by atoms with E-state index >= 15 is 0 Å². The summed E-state index contributed by atoms with van der Waals surface area (Å²) in [5.74, 6) is 0.0697. The average molecular weight is 306 g/mol. The molecule has 23 heavy (non-hydrogen) atoms. The minimum Gasteiger partial charge on any atom is -0.506 e. The van der Waals surface area contributed by atoms with Gasteiger partial charge >= 0.3 is 0 Å². The molecule has 0 saturated carbocycles. The predicted molar refractivity (Wildman–Crippen MR) is 92.0 cm³/mol. The Bertz CT molecular complexity index is 880. The number of ketones is 1. The van der Waals surface area contributed by atoms with Crippen LogP contribution >= 0.6 is 0 Å². The van der Waals surface area contributed by atoms with Crippen LogP contribution in [0.1, 0.15) is 23.0 Å². The number of aromatic nitrogens is 1. The van der Waals surface area contributed by atoms with Gasteiger partial charge in [-0.05, 0) is 50.2 Å². The van der Waals surface area contributed by atoms with Crippen molar-refractivity contribution in [3.05, 3.63) is 65.9 Å². The second-order valence-electron chi connectivity index (χ2n) is 5.53. The third-order valence-electron chi connectivity index (χ3n) is 3.96. The van der Waals surface area contributed by atoms with Gasteiger partial charge < -0.3 is 15.4 Å². The van der Waals surface area contributed by atoms with Gasteiger partial charge in [-0.2, -0.15) is 0 Å². The number of nitrogen functional groups attached to an aromatic ring is 1. The molecule has 3 N–H and O–H groups in total. The largest absolute Gasteiger partial charge is 0.506 e. The number of nitrogens with zero attached hydrogens (tertiary/aromatic N) is 1. The summed E-state index contributed by atoms with van der Waals surface area (Å²) in [4.78, 5) is 11.9. The molecule has 0 bridgehead atoms. The van der Waals surface area contributed by atoms with Gasteiger partial charge in [0.25, 0.3) is 0 Å². The summed E-state index contributed by atoms with van der Waals surface area (Å²) in [5.41, 5.74) is 10.4. The maximum atomic E-state index is 11.9. The summed E-state index contributed by atoms with van der Waals surface area (Å²) in [6.45, 7) is 3.49. The lowest BCUT2D eigenvalue weighted by atomic mass is 10.1. The standard InChI is InChI=1S/C19H18N2O2/c1-12-16(13(2)22)11-18(14-8-9-19(23)17(20)10-14)21(12)15-6-4-3-5-7-15/h3-11,23H,20H2,1-2H3. The van der Waals surface area contributed by atoms with E-state index < -0.39 is 0 Å².